The maximum Gasteiger partial charge on any atom is 0.326 e. The molecular formula is C16H19NO3. The minimum Gasteiger partial charge on any atom is -0.480 e. The van der Waals surface area contributed by atoms with Gasteiger partial charge in [0.15, 0.2) is 0 Å². The third-order valence-electron chi connectivity index (χ3n) is 4.93. The minimum absolute atomic E-state index is 0.115. The Morgan fingerprint density at radius 1 is 1.20 bits per heavy atom. The number of aliphatic carboxylic acids is 1. The third kappa shape index (κ3) is 2.19. The molecule has 2 N–H and O–H groups in total. The van der Waals surface area contributed by atoms with Crippen LogP contribution in [0, 0.1) is 5.41 Å². The van der Waals surface area contributed by atoms with Crippen molar-refractivity contribution in [3.05, 3.63) is 35.9 Å². The second-order valence-corrected chi connectivity index (χ2v) is 6.06. The number of hydrogen-bond acceptors (Lipinski definition) is 2. The molecule has 1 aromatic carbocycles. The second kappa shape index (κ2) is 4.93. The van der Waals surface area contributed by atoms with Gasteiger partial charge in [-0.3, -0.25) is 4.79 Å². The highest BCUT2D eigenvalue weighted by atomic mass is 16.4. The molecule has 1 atom stereocenters. The van der Waals surface area contributed by atoms with Crippen LogP contribution in [0.3, 0.4) is 0 Å². The zero-order valence-corrected chi connectivity index (χ0v) is 11.3. The van der Waals surface area contributed by atoms with E-state index in [2.05, 4.69) is 17.4 Å². The summed E-state index contributed by atoms with van der Waals surface area (Å²) in [5.74, 6) is -0.517. The molecule has 2 aliphatic rings. The average molecular weight is 273 g/mol. The maximum atomic E-state index is 11.6. The topological polar surface area (TPSA) is 66.4 Å². The van der Waals surface area contributed by atoms with E-state index in [0.717, 1.165) is 25.7 Å². The number of nitrogens with one attached hydrogen (secondary N) is 1. The van der Waals surface area contributed by atoms with Crippen molar-refractivity contribution in [1.29, 1.82) is 0 Å². The molecule has 106 valence electrons. The van der Waals surface area contributed by atoms with E-state index in [-0.39, 0.29) is 11.3 Å². The van der Waals surface area contributed by atoms with Gasteiger partial charge < -0.3 is 10.4 Å². The second-order valence-electron chi connectivity index (χ2n) is 6.06. The lowest BCUT2D eigenvalue weighted by Gasteiger charge is -2.39. The number of benzene rings is 1. The fourth-order valence-corrected chi connectivity index (χ4v) is 3.83. The van der Waals surface area contributed by atoms with Crippen molar-refractivity contribution in [2.75, 3.05) is 0 Å². The summed E-state index contributed by atoms with van der Waals surface area (Å²) in [6.07, 6.45) is 3.90. The first-order valence-electron chi connectivity index (χ1n) is 7.18. The van der Waals surface area contributed by atoms with Crippen molar-refractivity contribution in [2.24, 2.45) is 5.41 Å². The highest BCUT2D eigenvalue weighted by Crippen LogP contribution is 2.49. The molecule has 1 aliphatic heterocycles. The van der Waals surface area contributed by atoms with Crippen molar-refractivity contribution in [2.45, 2.75) is 44.1 Å². The summed E-state index contributed by atoms with van der Waals surface area (Å²) in [4.78, 5) is 23.0. The first kappa shape index (κ1) is 13.2. The van der Waals surface area contributed by atoms with Gasteiger partial charge in [-0.05, 0) is 37.2 Å². The normalized spacial score (nSPS) is 33.1. The SMILES string of the molecule is O=C1CC2(CCC(c3ccccc3)CC2)C(C(=O)O)N1. The van der Waals surface area contributed by atoms with E-state index in [1.54, 1.807) is 0 Å². The van der Waals surface area contributed by atoms with Crippen molar-refractivity contribution in [3.8, 4) is 0 Å². The van der Waals surface area contributed by atoms with Crippen molar-refractivity contribution in [1.82, 2.24) is 5.32 Å². The van der Waals surface area contributed by atoms with Gasteiger partial charge in [-0.2, -0.15) is 0 Å². The van der Waals surface area contributed by atoms with Gasteiger partial charge in [-0.1, -0.05) is 30.3 Å². The van der Waals surface area contributed by atoms with Gasteiger partial charge in [0.1, 0.15) is 6.04 Å². The molecule has 1 heterocycles. The van der Waals surface area contributed by atoms with Crippen LogP contribution >= 0.6 is 0 Å². The number of hydrogen-bond donors (Lipinski definition) is 2. The van der Waals surface area contributed by atoms with Gasteiger partial charge in [0.25, 0.3) is 0 Å². The summed E-state index contributed by atoms with van der Waals surface area (Å²) >= 11 is 0. The predicted octanol–water partition coefficient (Wildman–Crippen LogP) is 2.30. The molecule has 1 unspecified atom stereocenters. The molecule has 0 aromatic heterocycles. The monoisotopic (exact) mass is 273 g/mol. The van der Waals surface area contributed by atoms with Gasteiger partial charge in [-0.25, -0.2) is 4.79 Å². The van der Waals surface area contributed by atoms with E-state index in [9.17, 15) is 14.7 Å². The van der Waals surface area contributed by atoms with E-state index >= 15 is 0 Å². The molecule has 1 spiro atoms. The Hall–Kier alpha value is -1.84. The van der Waals surface area contributed by atoms with Gasteiger partial charge in [0.2, 0.25) is 5.91 Å². The first-order valence-corrected chi connectivity index (χ1v) is 7.18. The van der Waals surface area contributed by atoms with Crippen LogP contribution < -0.4 is 5.32 Å². The highest BCUT2D eigenvalue weighted by Gasteiger charge is 2.51. The molecule has 1 amide bonds. The van der Waals surface area contributed by atoms with Crippen LogP contribution in [0.2, 0.25) is 0 Å². The number of carbonyl (C=O) groups excluding carboxylic acids is 1. The average Bonchev–Trinajstić information content (AvgIpc) is 2.77. The number of rotatable bonds is 2. The lowest BCUT2D eigenvalue weighted by Crippen LogP contribution is -2.45. The summed E-state index contributed by atoms with van der Waals surface area (Å²) in [6, 6.07) is 9.66. The standard InChI is InChI=1S/C16H19NO3/c18-13-10-16(14(17-13)15(19)20)8-6-12(7-9-16)11-4-2-1-3-5-11/h1-5,12,14H,6-10H2,(H,17,18)(H,19,20). The summed E-state index contributed by atoms with van der Waals surface area (Å²) in [5, 5.41) is 11.9. The smallest absolute Gasteiger partial charge is 0.326 e. The minimum atomic E-state index is -0.894. The van der Waals surface area contributed by atoms with E-state index in [1.165, 1.54) is 5.56 Å². The molecule has 2 fully saturated rings. The first-order chi connectivity index (χ1) is 9.61. The van der Waals surface area contributed by atoms with Crippen LogP contribution in [0.25, 0.3) is 0 Å². The van der Waals surface area contributed by atoms with Crippen LogP contribution in [-0.2, 0) is 9.59 Å². The third-order valence-corrected chi connectivity index (χ3v) is 4.93. The Morgan fingerprint density at radius 3 is 2.45 bits per heavy atom. The van der Waals surface area contributed by atoms with Crippen molar-refractivity contribution < 1.29 is 14.7 Å². The van der Waals surface area contributed by atoms with Crippen molar-refractivity contribution in [3.63, 3.8) is 0 Å². The van der Waals surface area contributed by atoms with Gasteiger partial charge in [0, 0.05) is 11.8 Å². The fraction of sp³-hybridized carbons (Fsp3) is 0.500. The molecule has 1 saturated carbocycles. The lowest BCUT2D eigenvalue weighted by atomic mass is 9.65. The Kier molecular flexibility index (Phi) is 3.24. The van der Waals surface area contributed by atoms with Gasteiger partial charge in [-0.15, -0.1) is 0 Å². The van der Waals surface area contributed by atoms with E-state index in [1.807, 2.05) is 18.2 Å². The van der Waals surface area contributed by atoms with Crippen LogP contribution in [0.5, 0.6) is 0 Å². The Labute approximate surface area is 118 Å². The maximum absolute atomic E-state index is 11.6. The van der Waals surface area contributed by atoms with Crippen LogP contribution in [0.4, 0.5) is 0 Å². The quantitative estimate of drug-likeness (QED) is 0.869. The number of carboxylic acids is 1. The molecule has 4 heteroatoms. The van der Waals surface area contributed by atoms with E-state index in [0.29, 0.717) is 12.3 Å². The molecule has 20 heavy (non-hydrogen) atoms. The van der Waals surface area contributed by atoms with Gasteiger partial charge in [0.05, 0.1) is 0 Å². The number of carboxylic acid groups (broad SMARTS) is 1. The molecule has 4 nitrogen and oxygen atoms in total. The predicted molar refractivity (Wildman–Crippen MR) is 74.3 cm³/mol. The van der Waals surface area contributed by atoms with E-state index < -0.39 is 12.0 Å². The van der Waals surface area contributed by atoms with Crippen LogP contribution in [0.15, 0.2) is 30.3 Å². The summed E-state index contributed by atoms with van der Waals surface area (Å²) in [6.45, 7) is 0. The fourth-order valence-electron chi connectivity index (χ4n) is 3.83. The molecule has 3 rings (SSSR count). The lowest BCUT2D eigenvalue weighted by molar-refractivity contribution is -0.143. The summed E-state index contributed by atoms with van der Waals surface area (Å²) in [5.41, 5.74) is 0.959. The largest absolute Gasteiger partial charge is 0.480 e. The van der Waals surface area contributed by atoms with E-state index in [4.69, 9.17) is 0 Å². The molecule has 0 radical (unpaired) electrons. The summed E-state index contributed by atoms with van der Waals surface area (Å²) in [7, 11) is 0. The Bertz CT molecular complexity index is 518. The zero-order chi connectivity index (χ0) is 14.2. The molecular weight excluding hydrogens is 254 g/mol. The van der Waals surface area contributed by atoms with Crippen LogP contribution in [-0.4, -0.2) is 23.0 Å². The Morgan fingerprint density at radius 2 is 1.85 bits per heavy atom. The summed E-state index contributed by atoms with van der Waals surface area (Å²) < 4.78 is 0. The number of carbonyl (C=O) groups is 2. The zero-order valence-electron chi connectivity index (χ0n) is 11.3. The molecule has 0 bridgehead atoms. The van der Waals surface area contributed by atoms with Gasteiger partial charge >= 0.3 is 5.97 Å². The molecule has 1 aromatic rings. The number of amides is 1. The molecule has 1 saturated heterocycles. The van der Waals surface area contributed by atoms with Crippen molar-refractivity contribution >= 4 is 11.9 Å². The Balaban J connectivity index is 1.74. The highest BCUT2D eigenvalue weighted by molar-refractivity contribution is 5.89. The van der Waals surface area contributed by atoms with Crippen LogP contribution in [0.1, 0.15) is 43.6 Å². The molecule has 1 aliphatic carbocycles.